The number of nitrogens with two attached hydrogens (primary N) is 1. The van der Waals surface area contributed by atoms with E-state index >= 15 is 0 Å². The number of ether oxygens (including phenoxy) is 1. The number of benzene rings is 2. The Morgan fingerprint density at radius 2 is 2.00 bits per heavy atom. The number of fused-ring (bicyclic) bond motifs is 1. The van der Waals surface area contributed by atoms with Crippen LogP contribution >= 0.6 is 0 Å². The molecule has 0 aliphatic carbocycles. The highest BCUT2D eigenvalue weighted by molar-refractivity contribution is 5.82. The highest BCUT2D eigenvalue weighted by atomic mass is 16.5. The maximum absolute atomic E-state index is 5.83. The minimum atomic E-state index is 0.635. The second kappa shape index (κ2) is 4.89. The molecule has 2 N–H and O–H groups in total. The lowest BCUT2D eigenvalue weighted by molar-refractivity contribution is 0.339. The zero-order chi connectivity index (χ0) is 14.1. The first-order valence-electron chi connectivity index (χ1n) is 6.67. The summed E-state index contributed by atoms with van der Waals surface area (Å²) in [5.41, 5.74) is 9.48. The van der Waals surface area contributed by atoms with Crippen molar-refractivity contribution in [3.05, 3.63) is 48.3 Å². The normalized spacial score (nSPS) is 10.9. The van der Waals surface area contributed by atoms with Crippen molar-refractivity contribution < 1.29 is 4.74 Å². The lowest BCUT2D eigenvalue weighted by Gasteiger charge is -2.13. The zero-order valence-electron chi connectivity index (χ0n) is 11.6. The Kier molecular flexibility index (Phi) is 3.06. The molecule has 0 radical (unpaired) electrons. The quantitative estimate of drug-likeness (QED) is 0.741. The van der Waals surface area contributed by atoms with E-state index in [1.807, 2.05) is 56.3 Å². The molecule has 0 aliphatic heterocycles. The van der Waals surface area contributed by atoms with Crippen LogP contribution in [0, 0.1) is 6.92 Å². The van der Waals surface area contributed by atoms with Gasteiger partial charge in [-0.3, -0.25) is 4.57 Å². The Bertz CT molecular complexity index is 762. The van der Waals surface area contributed by atoms with Gasteiger partial charge < -0.3 is 10.5 Å². The van der Waals surface area contributed by atoms with E-state index in [0.29, 0.717) is 6.61 Å². The number of hydrogen-bond donors (Lipinski definition) is 1. The molecule has 20 heavy (non-hydrogen) atoms. The lowest BCUT2D eigenvalue weighted by atomic mass is 10.2. The molecule has 3 aromatic rings. The van der Waals surface area contributed by atoms with Crippen LogP contribution in [0.4, 0.5) is 5.69 Å². The number of imidazole rings is 1. The van der Waals surface area contributed by atoms with E-state index in [4.69, 9.17) is 10.5 Å². The van der Waals surface area contributed by atoms with E-state index in [2.05, 4.69) is 9.55 Å². The number of anilines is 1. The molecule has 102 valence electrons. The van der Waals surface area contributed by atoms with E-state index in [1.165, 1.54) is 0 Å². The van der Waals surface area contributed by atoms with Gasteiger partial charge >= 0.3 is 0 Å². The van der Waals surface area contributed by atoms with Crippen LogP contribution in [0.25, 0.3) is 16.7 Å². The largest absolute Gasteiger partial charge is 0.492 e. The summed E-state index contributed by atoms with van der Waals surface area (Å²) < 4.78 is 7.81. The maximum Gasteiger partial charge on any atom is 0.143 e. The predicted molar refractivity (Wildman–Crippen MR) is 81.4 cm³/mol. The molecule has 0 spiro atoms. The summed E-state index contributed by atoms with van der Waals surface area (Å²) in [5.74, 6) is 1.77. The molecule has 2 aromatic carbocycles. The fourth-order valence-corrected chi connectivity index (χ4v) is 2.44. The predicted octanol–water partition coefficient (Wildman–Crippen LogP) is 3.31. The summed E-state index contributed by atoms with van der Waals surface area (Å²) >= 11 is 0. The van der Waals surface area contributed by atoms with Crippen LogP contribution in [0.5, 0.6) is 5.75 Å². The van der Waals surface area contributed by atoms with E-state index in [1.54, 1.807) is 0 Å². The Balaban J connectivity index is 2.27. The summed E-state index contributed by atoms with van der Waals surface area (Å²) in [6, 6.07) is 13.8. The SMILES string of the molecule is CCOc1ccccc1-n1c(C)nc2cc(N)ccc21. The fourth-order valence-electron chi connectivity index (χ4n) is 2.44. The summed E-state index contributed by atoms with van der Waals surface area (Å²) in [6.45, 7) is 4.60. The Morgan fingerprint density at radius 1 is 1.20 bits per heavy atom. The second-order valence-electron chi connectivity index (χ2n) is 4.64. The smallest absolute Gasteiger partial charge is 0.143 e. The van der Waals surface area contributed by atoms with Gasteiger partial charge in [-0.2, -0.15) is 0 Å². The van der Waals surface area contributed by atoms with Crippen LogP contribution in [-0.4, -0.2) is 16.2 Å². The molecular weight excluding hydrogens is 250 g/mol. The van der Waals surface area contributed by atoms with Crippen LogP contribution in [0.1, 0.15) is 12.7 Å². The molecule has 3 rings (SSSR count). The van der Waals surface area contributed by atoms with Crippen LogP contribution in [0.15, 0.2) is 42.5 Å². The highest BCUT2D eigenvalue weighted by Gasteiger charge is 2.12. The average Bonchev–Trinajstić information content (AvgIpc) is 2.75. The van der Waals surface area contributed by atoms with Gasteiger partial charge in [0.05, 0.1) is 23.3 Å². The molecule has 4 nitrogen and oxygen atoms in total. The molecule has 0 atom stereocenters. The first kappa shape index (κ1) is 12.5. The van der Waals surface area contributed by atoms with Crippen LogP contribution in [-0.2, 0) is 0 Å². The Labute approximate surface area is 117 Å². The van der Waals surface area contributed by atoms with E-state index in [-0.39, 0.29) is 0 Å². The molecule has 0 fully saturated rings. The van der Waals surface area contributed by atoms with Crippen molar-refractivity contribution in [2.24, 2.45) is 0 Å². The third-order valence-corrected chi connectivity index (χ3v) is 3.25. The van der Waals surface area contributed by atoms with Crippen LogP contribution in [0.3, 0.4) is 0 Å². The van der Waals surface area contributed by atoms with E-state index in [9.17, 15) is 0 Å². The van der Waals surface area contributed by atoms with Crippen molar-refractivity contribution in [1.82, 2.24) is 9.55 Å². The van der Waals surface area contributed by atoms with Gasteiger partial charge in [0, 0.05) is 5.69 Å². The van der Waals surface area contributed by atoms with Crippen molar-refractivity contribution in [2.45, 2.75) is 13.8 Å². The van der Waals surface area contributed by atoms with Crippen molar-refractivity contribution in [3.63, 3.8) is 0 Å². The topological polar surface area (TPSA) is 53.1 Å². The summed E-state index contributed by atoms with van der Waals surface area (Å²) in [4.78, 5) is 4.58. The first-order valence-corrected chi connectivity index (χ1v) is 6.67. The second-order valence-corrected chi connectivity index (χ2v) is 4.64. The standard InChI is InChI=1S/C16H17N3O/c1-3-20-16-7-5-4-6-15(16)19-11(2)18-13-10-12(17)8-9-14(13)19/h4-10H,3,17H2,1-2H3. The van der Waals surface area contributed by atoms with Crippen molar-refractivity contribution in [3.8, 4) is 11.4 Å². The Morgan fingerprint density at radius 3 is 2.80 bits per heavy atom. The van der Waals surface area contributed by atoms with Crippen molar-refractivity contribution in [1.29, 1.82) is 0 Å². The van der Waals surface area contributed by atoms with Crippen LogP contribution in [0.2, 0.25) is 0 Å². The molecule has 0 unspecified atom stereocenters. The molecule has 1 aromatic heterocycles. The fraction of sp³-hybridized carbons (Fsp3) is 0.188. The van der Waals surface area contributed by atoms with Gasteiger partial charge in [0.25, 0.3) is 0 Å². The third kappa shape index (κ3) is 1.99. The molecule has 0 saturated heterocycles. The van der Waals surface area contributed by atoms with Gasteiger partial charge in [0.1, 0.15) is 11.6 Å². The first-order chi connectivity index (χ1) is 9.70. The minimum Gasteiger partial charge on any atom is -0.492 e. The van der Waals surface area contributed by atoms with Gasteiger partial charge in [-0.15, -0.1) is 0 Å². The summed E-state index contributed by atoms with van der Waals surface area (Å²) in [7, 11) is 0. The molecule has 0 bridgehead atoms. The Hall–Kier alpha value is -2.49. The number of rotatable bonds is 3. The number of para-hydroxylation sites is 2. The molecule has 1 heterocycles. The molecule has 4 heteroatoms. The minimum absolute atomic E-state index is 0.635. The van der Waals surface area contributed by atoms with Gasteiger partial charge in [0.2, 0.25) is 0 Å². The number of nitrogen functional groups attached to an aromatic ring is 1. The third-order valence-electron chi connectivity index (χ3n) is 3.25. The van der Waals surface area contributed by atoms with Crippen LogP contribution < -0.4 is 10.5 Å². The lowest BCUT2D eigenvalue weighted by Crippen LogP contribution is -2.02. The number of aromatic nitrogens is 2. The number of aryl methyl sites for hydroxylation is 1. The van der Waals surface area contributed by atoms with Gasteiger partial charge in [-0.25, -0.2) is 4.98 Å². The van der Waals surface area contributed by atoms with Gasteiger partial charge in [-0.1, -0.05) is 12.1 Å². The monoisotopic (exact) mass is 267 g/mol. The maximum atomic E-state index is 5.83. The number of nitrogens with zero attached hydrogens (tertiary/aromatic N) is 2. The molecule has 0 aliphatic rings. The van der Waals surface area contributed by atoms with Gasteiger partial charge in [0.15, 0.2) is 0 Å². The van der Waals surface area contributed by atoms with Crippen molar-refractivity contribution in [2.75, 3.05) is 12.3 Å². The molecular formula is C16H17N3O. The molecule has 0 saturated carbocycles. The summed E-state index contributed by atoms with van der Waals surface area (Å²) in [6.07, 6.45) is 0. The van der Waals surface area contributed by atoms with E-state index in [0.717, 1.165) is 34.0 Å². The van der Waals surface area contributed by atoms with Crippen molar-refractivity contribution >= 4 is 16.7 Å². The van der Waals surface area contributed by atoms with Gasteiger partial charge in [-0.05, 0) is 44.2 Å². The molecule has 0 amide bonds. The highest BCUT2D eigenvalue weighted by Crippen LogP contribution is 2.29. The summed E-state index contributed by atoms with van der Waals surface area (Å²) in [5, 5.41) is 0. The average molecular weight is 267 g/mol. The van der Waals surface area contributed by atoms with E-state index < -0.39 is 0 Å². The number of hydrogen-bond acceptors (Lipinski definition) is 3. The zero-order valence-corrected chi connectivity index (χ0v) is 11.6.